The minimum absolute atomic E-state index is 0.143. The molecule has 0 saturated carbocycles. The summed E-state index contributed by atoms with van der Waals surface area (Å²) in [6.07, 6.45) is 1.27. The second-order valence-corrected chi connectivity index (χ2v) is 5.13. The van der Waals surface area contributed by atoms with Gasteiger partial charge >= 0.3 is 5.97 Å². The number of carboxylic acid groups (broad SMARTS) is 1. The second kappa shape index (κ2) is 6.15. The lowest BCUT2D eigenvalue weighted by Crippen LogP contribution is -2.25. The third-order valence-corrected chi connectivity index (χ3v) is 3.32. The highest BCUT2D eigenvalue weighted by atomic mass is 35.5. The summed E-state index contributed by atoms with van der Waals surface area (Å²) in [5.41, 5.74) is 0.370. The maximum absolute atomic E-state index is 12.0. The van der Waals surface area contributed by atoms with Crippen LogP contribution in [0.1, 0.15) is 26.4 Å². The molecule has 0 aliphatic carbocycles. The first-order valence-corrected chi connectivity index (χ1v) is 6.63. The minimum Gasteiger partial charge on any atom is -0.478 e. The van der Waals surface area contributed by atoms with E-state index in [1.54, 1.807) is 25.2 Å². The Bertz CT molecular complexity index is 713. The van der Waals surface area contributed by atoms with Gasteiger partial charge in [0.2, 0.25) is 0 Å². The van der Waals surface area contributed by atoms with Crippen molar-refractivity contribution in [3.8, 4) is 0 Å². The van der Waals surface area contributed by atoms with Crippen molar-refractivity contribution in [2.24, 2.45) is 7.05 Å². The van der Waals surface area contributed by atoms with E-state index in [0.29, 0.717) is 15.6 Å². The number of carbonyl (C=O) groups is 2. The second-order valence-electron chi connectivity index (χ2n) is 4.29. The molecule has 110 valence electrons. The van der Waals surface area contributed by atoms with Crippen LogP contribution in [0.3, 0.4) is 0 Å². The molecule has 8 heteroatoms. The fourth-order valence-electron chi connectivity index (χ4n) is 1.74. The summed E-state index contributed by atoms with van der Waals surface area (Å²) in [5, 5.41) is 16.4. The summed E-state index contributed by atoms with van der Waals surface area (Å²) < 4.78 is 1.27. The van der Waals surface area contributed by atoms with Gasteiger partial charge in [0, 0.05) is 29.8 Å². The molecule has 2 N–H and O–H groups in total. The van der Waals surface area contributed by atoms with Crippen molar-refractivity contribution in [1.29, 1.82) is 0 Å². The lowest BCUT2D eigenvalue weighted by molar-refractivity contribution is 0.0691. The third-order valence-electron chi connectivity index (χ3n) is 2.73. The van der Waals surface area contributed by atoms with Crippen LogP contribution in [0.25, 0.3) is 0 Å². The highest BCUT2D eigenvalue weighted by molar-refractivity contribution is 6.35. The number of rotatable bonds is 4. The van der Waals surface area contributed by atoms with Crippen molar-refractivity contribution >= 4 is 35.1 Å². The first-order chi connectivity index (χ1) is 9.88. The van der Waals surface area contributed by atoms with Gasteiger partial charge in [-0.05, 0) is 17.7 Å². The number of carboxylic acids is 1. The Kier molecular flexibility index (Phi) is 4.50. The number of aromatic carboxylic acids is 1. The highest BCUT2D eigenvalue weighted by Gasteiger charge is 2.20. The van der Waals surface area contributed by atoms with E-state index in [4.69, 9.17) is 28.3 Å². The van der Waals surface area contributed by atoms with Gasteiger partial charge in [-0.1, -0.05) is 29.3 Å². The van der Waals surface area contributed by atoms with Gasteiger partial charge in [0.15, 0.2) is 5.69 Å². The fourth-order valence-corrected chi connectivity index (χ4v) is 2.21. The topological polar surface area (TPSA) is 84.2 Å². The van der Waals surface area contributed by atoms with Crippen LogP contribution in [0.2, 0.25) is 10.0 Å². The number of amides is 1. The van der Waals surface area contributed by atoms with Gasteiger partial charge in [-0.3, -0.25) is 9.48 Å². The zero-order valence-electron chi connectivity index (χ0n) is 10.9. The van der Waals surface area contributed by atoms with Crippen LogP contribution in [-0.2, 0) is 13.6 Å². The molecule has 1 aromatic carbocycles. The predicted octanol–water partition coefficient (Wildman–Crippen LogP) is 2.36. The first-order valence-electron chi connectivity index (χ1n) is 5.87. The van der Waals surface area contributed by atoms with E-state index in [2.05, 4.69) is 10.4 Å². The number of hydrogen-bond donors (Lipinski definition) is 2. The number of hydrogen-bond acceptors (Lipinski definition) is 3. The van der Waals surface area contributed by atoms with Crippen LogP contribution in [0.5, 0.6) is 0 Å². The van der Waals surface area contributed by atoms with Crippen LogP contribution in [0.4, 0.5) is 0 Å². The molecule has 6 nitrogen and oxygen atoms in total. The van der Waals surface area contributed by atoms with Crippen LogP contribution in [-0.4, -0.2) is 26.8 Å². The lowest BCUT2D eigenvalue weighted by atomic mass is 10.2. The predicted molar refractivity (Wildman–Crippen MR) is 77.8 cm³/mol. The van der Waals surface area contributed by atoms with Crippen molar-refractivity contribution < 1.29 is 14.7 Å². The monoisotopic (exact) mass is 327 g/mol. The Morgan fingerprint density at radius 3 is 2.71 bits per heavy atom. The Hall–Kier alpha value is -2.05. The molecule has 1 amide bonds. The summed E-state index contributed by atoms with van der Waals surface area (Å²) in [6, 6.07) is 4.90. The normalized spacial score (nSPS) is 10.4. The Morgan fingerprint density at radius 1 is 1.38 bits per heavy atom. The Balaban J connectivity index is 2.13. The summed E-state index contributed by atoms with van der Waals surface area (Å²) in [4.78, 5) is 23.1. The summed E-state index contributed by atoms with van der Waals surface area (Å²) >= 11 is 11.8. The molecule has 1 aromatic heterocycles. The van der Waals surface area contributed by atoms with Gasteiger partial charge in [0.25, 0.3) is 5.91 Å². The van der Waals surface area contributed by atoms with E-state index in [1.165, 1.54) is 10.9 Å². The molecule has 0 atom stereocenters. The van der Waals surface area contributed by atoms with Crippen molar-refractivity contribution in [2.75, 3.05) is 0 Å². The van der Waals surface area contributed by atoms with E-state index >= 15 is 0 Å². The first kappa shape index (κ1) is 15.3. The quantitative estimate of drug-likeness (QED) is 0.902. The maximum Gasteiger partial charge on any atom is 0.339 e. The van der Waals surface area contributed by atoms with E-state index in [-0.39, 0.29) is 17.8 Å². The number of benzene rings is 1. The van der Waals surface area contributed by atoms with Crippen LogP contribution < -0.4 is 5.32 Å². The third kappa shape index (κ3) is 3.53. The van der Waals surface area contributed by atoms with Gasteiger partial charge in [0.1, 0.15) is 5.56 Å². The smallest absolute Gasteiger partial charge is 0.339 e. The number of nitrogens with one attached hydrogen (secondary N) is 1. The largest absolute Gasteiger partial charge is 0.478 e. The number of halogens is 2. The molecule has 21 heavy (non-hydrogen) atoms. The summed E-state index contributed by atoms with van der Waals surface area (Å²) in [6.45, 7) is 0.143. The van der Waals surface area contributed by atoms with Gasteiger partial charge in [-0.25, -0.2) is 4.79 Å². The number of nitrogens with zero attached hydrogens (tertiary/aromatic N) is 2. The van der Waals surface area contributed by atoms with Crippen molar-refractivity contribution in [3.05, 3.63) is 51.3 Å². The zero-order valence-corrected chi connectivity index (χ0v) is 12.4. The number of carbonyl (C=O) groups excluding carboxylic acids is 1. The van der Waals surface area contributed by atoms with Crippen LogP contribution in [0.15, 0.2) is 24.4 Å². The van der Waals surface area contributed by atoms with Gasteiger partial charge < -0.3 is 10.4 Å². The molecule has 0 unspecified atom stereocenters. The fraction of sp³-hybridized carbons (Fsp3) is 0.154. The van der Waals surface area contributed by atoms with E-state index < -0.39 is 11.9 Å². The molecule has 0 aliphatic rings. The number of aromatic nitrogens is 2. The molecule has 0 spiro atoms. The van der Waals surface area contributed by atoms with Crippen molar-refractivity contribution in [1.82, 2.24) is 15.1 Å². The standard InChI is InChI=1S/C13H11Cl2N3O3/c1-18-6-9(13(20)21)11(17-18)12(19)16-5-7-2-3-8(14)4-10(7)15/h2-4,6H,5H2,1H3,(H,16,19)(H,20,21). The molecular weight excluding hydrogens is 317 g/mol. The zero-order chi connectivity index (χ0) is 15.6. The average Bonchev–Trinajstić information content (AvgIpc) is 2.80. The molecule has 0 aliphatic heterocycles. The molecule has 2 aromatic rings. The molecule has 0 saturated heterocycles. The molecule has 0 fully saturated rings. The van der Waals surface area contributed by atoms with E-state index in [0.717, 1.165) is 0 Å². The highest BCUT2D eigenvalue weighted by Crippen LogP contribution is 2.20. The maximum atomic E-state index is 12.0. The van der Waals surface area contributed by atoms with Crippen molar-refractivity contribution in [3.63, 3.8) is 0 Å². The van der Waals surface area contributed by atoms with Gasteiger partial charge in [-0.15, -0.1) is 0 Å². The van der Waals surface area contributed by atoms with Gasteiger partial charge in [0.05, 0.1) is 0 Å². The van der Waals surface area contributed by atoms with E-state index in [9.17, 15) is 9.59 Å². The SMILES string of the molecule is Cn1cc(C(=O)O)c(C(=O)NCc2ccc(Cl)cc2Cl)n1. The number of aryl methyl sites for hydroxylation is 1. The summed E-state index contributed by atoms with van der Waals surface area (Å²) in [7, 11) is 1.54. The van der Waals surface area contributed by atoms with Crippen molar-refractivity contribution in [2.45, 2.75) is 6.54 Å². The average molecular weight is 328 g/mol. The van der Waals surface area contributed by atoms with Crippen LogP contribution >= 0.6 is 23.2 Å². The molecule has 2 rings (SSSR count). The van der Waals surface area contributed by atoms with Gasteiger partial charge in [-0.2, -0.15) is 5.10 Å². The Labute approximate surface area is 130 Å². The minimum atomic E-state index is -1.21. The lowest BCUT2D eigenvalue weighted by Gasteiger charge is -2.06. The van der Waals surface area contributed by atoms with Crippen LogP contribution in [0, 0.1) is 0 Å². The molecule has 0 radical (unpaired) electrons. The molecule has 0 bridgehead atoms. The summed E-state index contributed by atoms with van der Waals surface area (Å²) in [5.74, 6) is -1.79. The van der Waals surface area contributed by atoms with E-state index in [1.807, 2.05) is 0 Å². The molecular formula is C13H11Cl2N3O3. The Morgan fingerprint density at radius 2 is 2.10 bits per heavy atom. The molecule has 1 heterocycles.